The van der Waals surface area contributed by atoms with E-state index < -0.39 is 10.0 Å². The molecule has 7 nitrogen and oxygen atoms in total. The van der Waals surface area contributed by atoms with Crippen LogP contribution in [0.15, 0.2) is 71.2 Å². The number of rotatable bonds is 5. The molecule has 0 atom stereocenters. The first-order chi connectivity index (χ1) is 13.9. The largest absolute Gasteiger partial charge is 0.321 e. The Morgan fingerprint density at radius 2 is 1.83 bits per heavy atom. The smallest absolute Gasteiger partial charge is 0.255 e. The normalized spacial score (nSPS) is 11.8. The number of nitrogens with zero attached hydrogens (tertiary/aromatic N) is 3. The van der Waals surface area contributed by atoms with Gasteiger partial charge in [-0.3, -0.25) is 9.20 Å². The summed E-state index contributed by atoms with van der Waals surface area (Å²) in [6, 6.07) is 13.3. The Morgan fingerprint density at radius 3 is 2.52 bits per heavy atom. The first-order valence-electron chi connectivity index (χ1n) is 8.72. The topological polar surface area (TPSA) is 83.8 Å². The second-order valence-corrected chi connectivity index (χ2v) is 9.56. The van der Waals surface area contributed by atoms with E-state index >= 15 is 0 Å². The zero-order chi connectivity index (χ0) is 20.6. The Morgan fingerprint density at radius 1 is 1.10 bits per heavy atom. The van der Waals surface area contributed by atoms with Crippen LogP contribution in [0.2, 0.25) is 0 Å². The van der Waals surface area contributed by atoms with Crippen molar-refractivity contribution in [1.82, 2.24) is 13.7 Å². The molecule has 4 rings (SSSR count). The molecule has 2 aromatic carbocycles. The van der Waals surface area contributed by atoms with Crippen LogP contribution < -0.4 is 5.32 Å². The van der Waals surface area contributed by atoms with Crippen LogP contribution in [-0.2, 0) is 10.0 Å². The van der Waals surface area contributed by atoms with Gasteiger partial charge in [0, 0.05) is 43.0 Å². The molecule has 4 aromatic rings. The van der Waals surface area contributed by atoms with Gasteiger partial charge in [0.25, 0.3) is 5.91 Å². The monoisotopic (exact) mass is 426 g/mol. The second-order valence-electron chi connectivity index (χ2n) is 6.53. The van der Waals surface area contributed by atoms with Gasteiger partial charge in [0.05, 0.1) is 16.3 Å². The van der Waals surface area contributed by atoms with Gasteiger partial charge in [-0.05, 0) is 30.3 Å². The number of amides is 1. The van der Waals surface area contributed by atoms with Crippen LogP contribution in [0.1, 0.15) is 10.4 Å². The number of aromatic nitrogens is 2. The maximum atomic E-state index is 12.7. The Bertz CT molecular complexity index is 1260. The predicted molar refractivity (Wildman–Crippen MR) is 114 cm³/mol. The Balaban J connectivity index is 1.60. The standard InChI is InChI=1S/C20H18N4O3S2/c1-23(2)29(26,27)15-9-7-14(8-10-15)19(25)21-17-6-4-3-5-16(17)18-13-24-11-12-28-20(24)22-18/h3-13H,1-2H3,(H,21,25). The molecular formula is C20H18N4O3S2. The Kier molecular flexibility index (Phi) is 4.95. The van der Waals surface area contributed by atoms with Crippen LogP contribution in [-0.4, -0.2) is 42.1 Å². The molecule has 148 valence electrons. The van der Waals surface area contributed by atoms with E-state index in [-0.39, 0.29) is 10.8 Å². The van der Waals surface area contributed by atoms with Gasteiger partial charge >= 0.3 is 0 Å². The Labute approximate surface area is 172 Å². The highest BCUT2D eigenvalue weighted by Gasteiger charge is 2.18. The molecular weight excluding hydrogens is 408 g/mol. The lowest BCUT2D eigenvalue weighted by atomic mass is 10.1. The SMILES string of the molecule is CN(C)S(=O)(=O)c1ccc(C(=O)Nc2ccccc2-c2cn3ccsc3n2)cc1. The number of carbonyl (C=O) groups is 1. The quantitative estimate of drug-likeness (QED) is 0.529. The number of hydrogen-bond acceptors (Lipinski definition) is 5. The number of benzene rings is 2. The van der Waals surface area contributed by atoms with Gasteiger partial charge in [0.2, 0.25) is 10.0 Å². The summed E-state index contributed by atoms with van der Waals surface area (Å²) in [5.74, 6) is -0.327. The highest BCUT2D eigenvalue weighted by atomic mass is 32.2. The minimum absolute atomic E-state index is 0.137. The van der Waals surface area contributed by atoms with E-state index in [1.807, 2.05) is 46.4 Å². The highest BCUT2D eigenvalue weighted by Crippen LogP contribution is 2.29. The Hall–Kier alpha value is -3.01. The lowest BCUT2D eigenvalue weighted by Crippen LogP contribution is -2.22. The van der Waals surface area contributed by atoms with Gasteiger partial charge in [0.1, 0.15) is 0 Å². The summed E-state index contributed by atoms with van der Waals surface area (Å²) in [4.78, 5) is 18.3. The molecule has 2 aromatic heterocycles. The van der Waals surface area contributed by atoms with Crippen molar-refractivity contribution in [2.45, 2.75) is 4.90 Å². The summed E-state index contributed by atoms with van der Waals surface area (Å²) in [7, 11) is -0.606. The number of hydrogen-bond donors (Lipinski definition) is 1. The molecule has 0 aliphatic heterocycles. The van der Waals surface area contributed by atoms with Gasteiger partial charge < -0.3 is 5.32 Å². The van der Waals surface area contributed by atoms with Gasteiger partial charge in [-0.15, -0.1) is 11.3 Å². The predicted octanol–water partition coefficient (Wildman–Crippen LogP) is 3.57. The number of sulfonamides is 1. The van der Waals surface area contributed by atoms with Crippen LogP contribution in [0.4, 0.5) is 5.69 Å². The zero-order valence-corrected chi connectivity index (χ0v) is 17.4. The first-order valence-corrected chi connectivity index (χ1v) is 11.0. The highest BCUT2D eigenvalue weighted by molar-refractivity contribution is 7.89. The fourth-order valence-electron chi connectivity index (χ4n) is 2.86. The van der Waals surface area contributed by atoms with Crippen molar-refractivity contribution in [2.75, 3.05) is 19.4 Å². The van der Waals surface area contributed by atoms with E-state index in [9.17, 15) is 13.2 Å². The summed E-state index contributed by atoms with van der Waals surface area (Å²) in [6.07, 6.45) is 3.85. The summed E-state index contributed by atoms with van der Waals surface area (Å²) in [6.45, 7) is 0. The summed E-state index contributed by atoms with van der Waals surface area (Å²) >= 11 is 1.54. The molecule has 0 unspecified atom stereocenters. The van der Waals surface area contributed by atoms with Crippen molar-refractivity contribution in [3.63, 3.8) is 0 Å². The first kappa shape index (κ1) is 19.3. The van der Waals surface area contributed by atoms with Gasteiger partial charge in [-0.2, -0.15) is 0 Å². The average Bonchev–Trinajstić information content (AvgIpc) is 3.30. The summed E-state index contributed by atoms with van der Waals surface area (Å²) < 4.78 is 27.4. The third kappa shape index (κ3) is 3.67. The molecule has 29 heavy (non-hydrogen) atoms. The van der Waals surface area contributed by atoms with Gasteiger partial charge in [-0.25, -0.2) is 17.7 Å². The molecule has 0 saturated carbocycles. The zero-order valence-electron chi connectivity index (χ0n) is 15.7. The average molecular weight is 427 g/mol. The fraction of sp³-hybridized carbons (Fsp3) is 0.100. The molecule has 0 spiro atoms. The van der Waals surface area contributed by atoms with E-state index in [0.29, 0.717) is 11.3 Å². The number of anilines is 1. The van der Waals surface area contributed by atoms with Crippen LogP contribution in [0.3, 0.4) is 0 Å². The van der Waals surface area contributed by atoms with Crippen molar-refractivity contribution in [1.29, 1.82) is 0 Å². The van der Waals surface area contributed by atoms with E-state index in [4.69, 9.17) is 0 Å². The minimum Gasteiger partial charge on any atom is -0.321 e. The summed E-state index contributed by atoms with van der Waals surface area (Å²) in [5.41, 5.74) is 2.57. The van der Waals surface area contributed by atoms with Crippen LogP contribution in [0.5, 0.6) is 0 Å². The molecule has 0 aliphatic rings. The maximum absolute atomic E-state index is 12.7. The molecule has 0 fully saturated rings. The van der Waals surface area contributed by atoms with Crippen molar-refractivity contribution in [2.24, 2.45) is 0 Å². The van der Waals surface area contributed by atoms with Gasteiger partial charge in [0.15, 0.2) is 4.96 Å². The van der Waals surface area contributed by atoms with Crippen molar-refractivity contribution < 1.29 is 13.2 Å². The van der Waals surface area contributed by atoms with Crippen molar-refractivity contribution in [3.8, 4) is 11.3 Å². The van der Waals surface area contributed by atoms with E-state index in [0.717, 1.165) is 20.5 Å². The number of nitrogens with one attached hydrogen (secondary N) is 1. The fourth-order valence-corrected chi connectivity index (χ4v) is 4.46. The lowest BCUT2D eigenvalue weighted by Gasteiger charge is -2.12. The molecule has 9 heteroatoms. The maximum Gasteiger partial charge on any atom is 0.255 e. The number of carbonyl (C=O) groups excluding carboxylic acids is 1. The molecule has 2 heterocycles. The van der Waals surface area contributed by atoms with E-state index in [1.165, 1.54) is 49.7 Å². The number of imidazole rings is 1. The van der Waals surface area contributed by atoms with E-state index in [2.05, 4.69) is 10.3 Å². The lowest BCUT2D eigenvalue weighted by molar-refractivity contribution is 0.102. The number of thiazole rings is 1. The molecule has 1 N–H and O–H groups in total. The van der Waals surface area contributed by atoms with Crippen LogP contribution >= 0.6 is 11.3 Å². The molecule has 1 amide bonds. The molecule has 0 radical (unpaired) electrons. The third-order valence-electron chi connectivity index (χ3n) is 4.44. The third-order valence-corrected chi connectivity index (χ3v) is 7.04. The van der Waals surface area contributed by atoms with Crippen LogP contribution in [0.25, 0.3) is 16.2 Å². The van der Waals surface area contributed by atoms with E-state index in [1.54, 1.807) is 0 Å². The van der Waals surface area contributed by atoms with Crippen molar-refractivity contribution >= 4 is 37.9 Å². The molecule has 0 bridgehead atoms. The number of fused-ring (bicyclic) bond motifs is 1. The minimum atomic E-state index is -3.54. The van der Waals surface area contributed by atoms with Crippen LogP contribution in [0, 0.1) is 0 Å². The van der Waals surface area contributed by atoms with Gasteiger partial charge in [-0.1, -0.05) is 18.2 Å². The molecule has 0 aliphatic carbocycles. The molecule has 0 saturated heterocycles. The summed E-state index contributed by atoms with van der Waals surface area (Å²) in [5, 5.41) is 4.86. The second kappa shape index (κ2) is 7.43. The van der Waals surface area contributed by atoms with Crippen molar-refractivity contribution in [3.05, 3.63) is 71.9 Å². The number of para-hydroxylation sites is 1.